The van der Waals surface area contributed by atoms with Crippen molar-refractivity contribution < 1.29 is 4.74 Å². The van der Waals surface area contributed by atoms with Crippen LogP contribution in [0, 0.1) is 5.92 Å². The van der Waals surface area contributed by atoms with Gasteiger partial charge in [0.05, 0.1) is 6.04 Å². The minimum absolute atomic E-state index is 0.158. The van der Waals surface area contributed by atoms with Crippen LogP contribution in [-0.4, -0.2) is 35.8 Å². The molecule has 0 saturated carbocycles. The lowest BCUT2D eigenvalue weighted by Crippen LogP contribution is -2.41. The number of nitrogens with one attached hydrogen (secondary N) is 1. The summed E-state index contributed by atoms with van der Waals surface area (Å²) >= 11 is 0. The SMILES string of the molecule is CCN1CCC2=NNC(c3ccc(OC(C)(C)C)cc3)C2C1. The molecule has 3 rings (SSSR count). The molecule has 4 nitrogen and oxygen atoms in total. The van der Waals surface area contributed by atoms with E-state index in [0.717, 1.165) is 31.8 Å². The van der Waals surface area contributed by atoms with Crippen LogP contribution in [0.1, 0.15) is 45.7 Å². The summed E-state index contributed by atoms with van der Waals surface area (Å²) in [6.45, 7) is 11.8. The van der Waals surface area contributed by atoms with Gasteiger partial charge in [-0.2, -0.15) is 5.10 Å². The van der Waals surface area contributed by atoms with Crippen molar-refractivity contribution in [2.45, 2.75) is 45.8 Å². The highest BCUT2D eigenvalue weighted by Gasteiger charge is 2.36. The van der Waals surface area contributed by atoms with Gasteiger partial charge in [-0.25, -0.2) is 0 Å². The topological polar surface area (TPSA) is 36.9 Å². The van der Waals surface area contributed by atoms with E-state index in [4.69, 9.17) is 4.74 Å². The minimum atomic E-state index is -0.158. The molecule has 1 N–H and O–H groups in total. The van der Waals surface area contributed by atoms with Crippen molar-refractivity contribution in [2.75, 3.05) is 19.6 Å². The second-order valence-corrected chi connectivity index (χ2v) is 7.24. The van der Waals surface area contributed by atoms with E-state index in [9.17, 15) is 0 Å². The number of piperidine rings is 1. The van der Waals surface area contributed by atoms with Gasteiger partial charge in [-0.05, 0) is 45.0 Å². The summed E-state index contributed by atoms with van der Waals surface area (Å²) in [5, 5.41) is 4.57. The Morgan fingerprint density at radius 2 is 2.00 bits per heavy atom. The molecule has 0 aliphatic carbocycles. The monoisotopic (exact) mass is 301 g/mol. The zero-order valence-corrected chi connectivity index (χ0v) is 14.1. The molecule has 1 fully saturated rings. The van der Waals surface area contributed by atoms with Crippen molar-refractivity contribution in [2.24, 2.45) is 11.0 Å². The lowest BCUT2D eigenvalue weighted by Gasteiger charge is -2.32. The predicted octanol–water partition coefficient (Wildman–Crippen LogP) is 3.21. The Morgan fingerprint density at radius 1 is 1.27 bits per heavy atom. The first-order valence-corrected chi connectivity index (χ1v) is 8.29. The highest BCUT2D eigenvalue weighted by molar-refractivity contribution is 5.89. The third-order valence-corrected chi connectivity index (χ3v) is 4.43. The standard InChI is InChI=1S/C18H27N3O/c1-5-21-11-10-16-15(12-21)17(20-19-16)13-6-8-14(9-7-13)22-18(2,3)4/h6-9,15,17,20H,5,10-12H2,1-4H3. The number of fused-ring (bicyclic) bond motifs is 1. The smallest absolute Gasteiger partial charge is 0.120 e. The fourth-order valence-corrected chi connectivity index (χ4v) is 3.30. The number of hydrogen-bond acceptors (Lipinski definition) is 4. The normalized spacial score (nSPS) is 25.4. The van der Waals surface area contributed by atoms with Gasteiger partial charge in [-0.3, -0.25) is 0 Å². The first-order chi connectivity index (χ1) is 10.5. The molecule has 0 radical (unpaired) electrons. The molecule has 120 valence electrons. The Bertz CT molecular complexity index is 544. The lowest BCUT2D eigenvalue weighted by molar-refractivity contribution is 0.131. The second-order valence-electron chi connectivity index (χ2n) is 7.24. The van der Waals surface area contributed by atoms with Crippen LogP contribution in [0.5, 0.6) is 5.75 Å². The van der Waals surface area contributed by atoms with Crippen LogP contribution in [0.2, 0.25) is 0 Å². The minimum Gasteiger partial charge on any atom is -0.488 e. The lowest BCUT2D eigenvalue weighted by atomic mass is 9.86. The first-order valence-electron chi connectivity index (χ1n) is 8.29. The van der Waals surface area contributed by atoms with Crippen molar-refractivity contribution in [3.8, 4) is 5.75 Å². The van der Waals surface area contributed by atoms with E-state index < -0.39 is 0 Å². The van der Waals surface area contributed by atoms with E-state index in [-0.39, 0.29) is 5.60 Å². The molecule has 2 aliphatic rings. The highest BCUT2D eigenvalue weighted by atomic mass is 16.5. The summed E-state index contributed by atoms with van der Waals surface area (Å²) in [5.74, 6) is 1.43. The van der Waals surface area contributed by atoms with E-state index >= 15 is 0 Å². The van der Waals surface area contributed by atoms with Gasteiger partial charge in [0.2, 0.25) is 0 Å². The molecule has 2 unspecified atom stereocenters. The Kier molecular flexibility index (Phi) is 4.13. The molecule has 2 heterocycles. The van der Waals surface area contributed by atoms with Gasteiger partial charge < -0.3 is 15.1 Å². The quantitative estimate of drug-likeness (QED) is 0.931. The average molecular weight is 301 g/mol. The van der Waals surface area contributed by atoms with Gasteiger partial charge in [0.1, 0.15) is 11.4 Å². The predicted molar refractivity (Wildman–Crippen MR) is 90.4 cm³/mol. The summed E-state index contributed by atoms with van der Waals surface area (Å²) < 4.78 is 5.90. The van der Waals surface area contributed by atoms with Gasteiger partial charge in [-0.1, -0.05) is 19.1 Å². The van der Waals surface area contributed by atoms with Crippen LogP contribution in [-0.2, 0) is 0 Å². The van der Waals surface area contributed by atoms with Gasteiger partial charge in [-0.15, -0.1) is 0 Å². The van der Waals surface area contributed by atoms with Crippen molar-refractivity contribution in [3.63, 3.8) is 0 Å². The fourth-order valence-electron chi connectivity index (χ4n) is 3.30. The average Bonchev–Trinajstić information content (AvgIpc) is 2.89. The molecular formula is C18H27N3O. The molecule has 1 saturated heterocycles. The summed E-state index contributed by atoms with van der Waals surface area (Å²) in [7, 11) is 0. The maximum atomic E-state index is 5.90. The third-order valence-electron chi connectivity index (χ3n) is 4.43. The maximum absolute atomic E-state index is 5.90. The number of nitrogens with zero attached hydrogens (tertiary/aromatic N) is 2. The van der Waals surface area contributed by atoms with Crippen LogP contribution in [0.3, 0.4) is 0 Å². The number of likely N-dealkylation sites (tertiary alicyclic amines) is 1. The Balaban J connectivity index is 1.72. The molecule has 2 atom stereocenters. The molecule has 0 amide bonds. The molecule has 0 bridgehead atoms. The number of rotatable bonds is 3. The van der Waals surface area contributed by atoms with Gasteiger partial charge in [0.25, 0.3) is 0 Å². The zero-order chi connectivity index (χ0) is 15.7. The number of hydrazone groups is 1. The van der Waals surface area contributed by atoms with Crippen molar-refractivity contribution >= 4 is 5.71 Å². The molecule has 0 aromatic heterocycles. The maximum Gasteiger partial charge on any atom is 0.120 e. The highest BCUT2D eigenvalue weighted by Crippen LogP contribution is 2.33. The summed E-state index contributed by atoms with van der Waals surface area (Å²) in [6.07, 6.45) is 1.09. The second kappa shape index (κ2) is 5.92. The molecule has 2 aliphatic heterocycles. The Hall–Kier alpha value is -1.55. The van der Waals surface area contributed by atoms with E-state index in [1.807, 2.05) is 0 Å². The number of benzene rings is 1. The van der Waals surface area contributed by atoms with Gasteiger partial charge >= 0.3 is 0 Å². The molecule has 4 heteroatoms. The summed E-state index contributed by atoms with van der Waals surface area (Å²) in [6, 6.07) is 8.78. The first kappa shape index (κ1) is 15.3. The molecule has 0 spiro atoms. The molecular weight excluding hydrogens is 274 g/mol. The van der Waals surface area contributed by atoms with E-state index in [0.29, 0.717) is 12.0 Å². The van der Waals surface area contributed by atoms with Crippen molar-refractivity contribution in [3.05, 3.63) is 29.8 Å². The van der Waals surface area contributed by atoms with Crippen LogP contribution in [0.15, 0.2) is 29.4 Å². The van der Waals surface area contributed by atoms with Crippen LogP contribution >= 0.6 is 0 Å². The number of hydrogen-bond donors (Lipinski definition) is 1. The summed E-state index contributed by atoms with van der Waals surface area (Å²) in [5.41, 5.74) is 5.82. The Labute approximate surface area is 133 Å². The van der Waals surface area contributed by atoms with E-state index in [2.05, 4.69) is 67.4 Å². The van der Waals surface area contributed by atoms with Gasteiger partial charge in [0, 0.05) is 31.1 Å². The van der Waals surface area contributed by atoms with Crippen LogP contribution < -0.4 is 10.2 Å². The fraction of sp³-hybridized carbons (Fsp3) is 0.611. The van der Waals surface area contributed by atoms with Crippen molar-refractivity contribution in [1.82, 2.24) is 10.3 Å². The molecule has 1 aromatic rings. The third kappa shape index (κ3) is 3.27. The van der Waals surface area contributed by atoms with Crippen LogP contribution in [0.25, 0.3) is 0 Å². The van der Waals surface area contributed by atoms with Crippen LogP contribution in [0.4, 0.5) is 0 Å². The summed E-state index contributed by atoms with van der Waals surface area (Å²) in [4.78, 5) is 2.51. The van der Waals surface area contributed by atoms with E-state index in [1.54, 1.807) is 0 Å². The molecule has 22 heavy (non-hydrogen) atoms. The Morgan fingerprint density at radius 3 is 2.64 bits per heavy atom. The number of ether oxygens (including phenoxy) is 1. The van der Waals surface area contributed by atoms with E-state index in [1.165, 1.54) is 11.3 Å². The zero-order valence-electron chi connectivity index (χ0n) is 14.1. The largest absolute Gasteiger partial charge is 0.488 e. The van der Waals surface area contributed by atoms with Crippen molar-refractivity contribution in [1.29, 1.82) is 0 Å². The van der Waals surface area contributed by atoms with Gasteiger partial charge in [0.15, 0.2) is 0 Å². The molecule has 1 aromatic carbocycles.